The van der Waals surface area contributed by atoms with E-state index in [0.717, 1.165) is 76.1 Å². The third kappa shape index (κ3) is 7.64. The minimum Gasteiger partial charge on any atom is -0.497 e. The summed E-state index contributed by atoms with van der Waals surface area (Å²) in [7, 11) is 5.15. The van der Waals surface area contributed by atoms with E-state index >= 15 is 0 Å². The fraction of sp³-hybridized carbons (Fsp3) is 0.696. The highest BCUT2D eigenvalue weighted by atomic mass is 127. The molecule has 1 aromatic rings. The molecule has 0 amide bonds. The zero-order chi connectivity index (χ0) is 22.1. The fourth-order valence-electron chi connectivity index (χ4n) is 4.22. The smallest absolute Gasteiger partial charge is 0.191 e. The van der Waals surface area contributed by atoms with Crippen LogP contribution in [0.25, 0.3) is 0 Å². The fourth-order valence-corrected chi connectivity index (χ4v) is 4.22. The van der Waals surface area contributed by atoms with Gasteiger partial charge in [0, 0.05) is 71.5 Å². The maximum absolute atomic E-state index is 5.83. The molecule has 0 saturated carbocycles. The van der Waals surface area contributed by atoms with Crippen LogP contribution < -0.4 is 20.1 Å². The molecule has 2 heterocycles. The molecule has 32 heavy (non-hydrogen) atoms. The van der Waals surface area contributed by atoms with Crippen molar-refractivity contribution in [2.75, 3.05) is 60.7 Å². The molecule has 1 unspecified atom stereocenters. The molecule has 0 aromatic heterocycles. The van der Waals surface area contributed by atoms with Crippen LogP contribution in [0.4, 0.5) is 0 Å². The topological polar surface area (TPSA) is 76.6 Å². The van der Waals surface area contributed by atoms with Crippen molar-refractivity contribution in [1.29, 1.82) is 0 Å². The number of hydrogen-bond donors (Lipinski definition) is 2. The van der Waals surface area contributed by atoms with Crippen LogP contribution >= 0.6 is 24.0 Å². The zero-order valence-electron chi connectivity index (χ0n) is 19.8. The molecule has 9 heteroatoms. The van der Waals surface area contributed by atoms with Crippen molar-refractivity contribution in [2.24, 2.45) is 4.99 Å². The highest BCUT2D eigenvalue weighted by molar-refractivity contribution is 14.0. The van der Waals surface area contributed by atoms with Crippen LogP contribution in [0.3, 0.4) is 0 Å². The Labute approximate surface area is 209 Å². The normalized spacial score (nSPS) is 21.0. The standard InChI is InChI=1S/C23H38N4O4.HI/c1-5-24-22(25-17-23(30-4)7-10-31-11-8-23)26-19-6-9-27(16-19)15-18-12-20(28-2)14-21(13-18)29-3;/h12-14,19H,5-11,15-17H2,1-4H3,(H2,24,25,26);1H. The molecule has 0 radical (unpaired) electrons. The molecular weight excluding hydrogens is 523 g/mol. The van der Waals surface area contributed by atoms with Crippen molar-refractivity contribution < 1.29 is 18.9 Å². The minimum absolute atomic E-state index is 0. The molecule has 2 fully saturated rings. The van der Waals surface area contributed by atoms with E-state index in [1.54, 1.807) is 21.3 Å². The molecule has 0 spiro atoms. The monoisotopic (exact) mass is 562 g/mol. The van der Waals surface area contributed by atoms with Crippen molar-refractivity contribution in [3.05, 3.63) is 23.8 Å². The average Bonchev–Trinajstić information content (AvgIpc) is 3.24. The third-order valence-electron chi connectivity index (χ3n) is 6.14. The first-order valence-electron chi connectivity index (χ1n) is 11.2. The largest absolute Gasteiger partial charge is 0.497 e. The number of rotatable bonds is 9. The molecule has 1 atom stereocenters. The number of likely N-dealkylation sites (tertiary alicyclic amines) is 1. The zero-order valence-corrected chi connectivity index (χ0v) is 22.1. The molecule has 1 aromatic carbocycles. The van der Waals surface area contributed by atoms with Crippen LogP contribution in [0.5, 0.6) is 11.5 Å². The number of methoxy groups -OCH3 is 3. The first kappa shape index (κ1) is 26.9. The molecule has 182 valence electrons. The predicted molar refractivity (Wildman–Crippen MR) is 138 cm³/mol. The van der Waals surface area contributed by atoms with E-state index in [4.69, 9.17) is 23.9 Å². The van der Waals surface area contributed by atoms with Crippen LogP contribution in [0.15, 0.2) is 23.2 Å². The summed E-state index contributed by atoms with van der Waals surface area (Å²) in [5.41, 5.74) is 0.979. The van der Waals surface area contributed by atoms with E-state index in [9.17, 15) is 0 Å². The summed E-state index contributed by atoms with van der Waals surface area (Å²) in [6.45, 7) is 7.90. The number of guanidine groups is 1. The van der Waals surface area contributed by atoms with Gasteiger partial charge in [-0.25, -0.2) is 0 Å². The predicted octanol–water partition coefficient (Wildman–Crippen LogP) is 2.65. The van der Waals surface area contributed by atoms with Crippen LogP contribution in [0.2, 0.25) is 0 Å². The van der Waals surface area contributed by atoms with Crippen molar-refractivity contribution >= 4 is 29.9 Å². The average molecular weight is 562 g/mol. The Bertz CT molecular complexity index is 706. The maximum atomic E-state index is 5.83. The Morgan fingerprint density at radius 1 is 1.16 bits per heavy atom. The van der Waals surface area contributed by atoms with Gasteiger partial charge in [0.25, 0.3) is 0 Å². The van der Waals surface area contributed by atoms with E-state index in [-0.39, 0.29) is 29.6 Å². The Hall–Kier alpha value is -1.30. The summed E-state index contributed by atoms with van der Waals surface area (Å²) in [5.74, 6) is 2.51. The Balaban J connectivity index is 0.00000363. The quantitative estimate of drug-likeness (QED) is 0.272. The van der Waals surface area contributed by atoms with Gasteiger partial charge in [-0.2, -0.15) is 0 Å². The summed E-state index contributed by atoms with van der Waals surface area (Å²) < 4.78 is 22.1. The van der Waals surface area contributed by atoms with E-state index in [0.29, 0.717) is 12.6 Å². The van der Waals surface area contributed by atoms with E-state index in [1.807, 2.05) is 6.07 Å². The summed E-state index contributed by atoms with van der Waals surface area (Å²) in [6, 6.07) is 6.42. The molecule has 3 rings (SSSR count). The second-order valence-corrected chi connectivity index (χ2v) is 8.28. The number of benzene rings is 1. The lowest BCUT2D eigenvalue weighted by atomic mass is 9.94. The first-order valence-corrected chi connectivity index (χ1v) is 11.2. The maximum Gasteiger partial charge on any atom is 0.191 e. The lowest BCUT2D eigenvalue weighted by molar-refractivity contribution is -0.0828. The van der Waals surface area contributed by atoms with Gasteiger partial charge in [0.1, 0.15) is 11.5 Å². The van der Waals surface area contributed by atoms with Crippen molar-refractivity contribution in [1.82, 2.24) is 15.5 Å². The Kier molecular flexibility index (Phi) is 11.3. The van der Waals surface area contributed by atoms with E-state index in [1.165, 1.54) is 5.56 Å². The number of aliphatic imine (C=N–C) groups is 1. The van der Waals surface area contributed by atoms with Gasteiger partial charge < -0.3 is 29.6 Å². The molecule has 0 bridgehead atoms. The van der Waals surface area contributed by atoms with Crippen LogP contribution in [-0.2, 0) is 16.0 Å². The molecule has 8 nitrogen and oxygen atoms in total. The molecule has 0 aliphatic carbocycles. The summed E-state index contributed by atoms with van der Waals surface area (Å²) in [6.07, 6.45) is 2.84. The summed E-state index contributed by atoms with van der Waals surface area (Å²) in [4.78, 5) is 7.31. The number of nitrogens with one attached hydrogen (secondary N) is 2. The molecular formula is C23H39IN4O4. The van der Waals surface area contributed by atoms with Crippen molar-refractivity contribution in [2.45, 2.75) is 44.4 Å². The van der Waals surface area contributed by atoms with Gasteiger partial charge in [-0.3, -0.25) is 9.89 Å². The third-order valence-corrected chi connectivity index (χ3v) is 6.14. The van der Waals surface area contributed by atoms with Gasteiger partial charge in [-0.15, -0.1) is 24.0 Å². The SMILES string of the molecule is CCNC(=NCC1(OC)CCOCC1)NC1CCN(Cc2cc(OC)cc(OC)c2)C1.I. The Morgan fingerprint density at radius 3 is 2.44 bits per heavy atom. The highest BCUT2D eigenvalue weighted by Gasteiger charge is 2.32. The lowest BCUT2D eigenvalue weighted by Crippen LogP contribution is -2.47. The van der Waals surface area contributed by atoms with Gasteiger partial charge in [-0.1, -0.05) is 0 Å². The van der Waals surface area contributed by atoms with Gasteiger partial charge >= 0.3 is 0 Å². The molecule has 2 saturated heterocycles. The summed E-state index contributed by atoms with van der Waals surface area (Å²) in [5, 5.41) is 7.01. The van der Waals surface area contributed by atoms with Crippen molar-refractivity contribution in [3.8, 4) is 11.5 Å². The Morgan fingerprint density at radius 2 is 1.84 bits per heavy atom. The van der Waals surface area contributed by atoms with Crippen LogP contribution in [0.1, 0.15) is 31.7 Å². The minimum atomic E-state index is -0.215. The number of halogens is 1. The number of nitrogens with zero attached hydrogens (tertiary/aromatic N) is 2. The highest BCUT2D eigenvalue weighted by Crippen LogP contribution is 2.26. The second-order valence-electron chi connectivity index (χ2n) is 8.28. The first-order chi connectivity index (χ1) is 15.1. The van der Waals surface area contributed by atoms with Gasteiger partial charge in [-0.05, 0) is 31.0 Å². The second kappa shape index (κ2) is 13.4. The van der Waals surface area contributed by atoms with Gasteiger partial charge in [0.05, 0.1) is 26.4 Å². The van der Waals surface area contributed by atoms with Gasteiger partial charge in [0.15, 0.2) is 5.96 Å². The van der Waals surface area contributed by atoms with Crippen LogP contribution in [-0.4, -0.2) is 83.2 Å². The van der Waals surface area contributed by atoms with E-state index < -0.39 is 0 Å². The lowest BCUT2D eigenvalue weighted by Gasteiger charge is -2.34. The molecule has 2 aliphatic heterocycles. The molecule has 2 N–H and O–H groups in total. The summed E-state index contributed by atoms with van der Waals surface area (Å²) >= 11 is 0. The number of hydrogen-bond acceptors (Lipinski definition) is 6. The van der Waals surface area contributed by atoms with Crippen molar-refractivity contribution in [3.63, 3.8) is 0 Å². The van der Waals surface area contributed by atoms with E-state index in [2.05, 4.69) is 34.6 Å². The molecule has 2 aliphatic rings. The number of ether oxygens (including phenoxy) is 4. The van der Waals surface area contributed by atoms with Gasteiger partial charge in [0.2, 0.25) is 0 Å². The van der Waals surface area contributed by atoms with Crippen LogP contribution in [0, 0.1) is 0 Å².